The van der Waals surface area contributed by atoms with Crippen molar-refractivity contribution in [2.24, 2.45) is 5.73 Å². The lowest BCUT2D eigenvalue weighted by atomic mass is 10.1. The topological polar surface area (TPSA) is 150 Å². The number of ether oxygens (including phenoxy) is 1. The van der Waals surface area contributed by atoms with Crippen LogP contribution in [0.5, 0.6) is 0 Å². The second-order valence-electron chi connectivity index (χ2n) is 5.01. The minimum Gasteiger partial charge on any atom is -0.394 e. The number of hydrogen-bond acceptors (Lipinski definition) is 8. The highest BCUT2D eigenvalue weighted by Gasteiger charge is 2.30. The van der Waals surface area contributed by atoms with Crippen molar-refractivity contribution in [3.63, 3.8) is 0 Å². The van der Waals surface area contributed by atoms with Crippen LogP contribution in [0.25, 0.3) is 0 Å². The van der Waals surface area contributed by atoms with E-state index in [0.29, 0.717) is 0 Å². The van der Waals surface area contributed by atoms with E-state index in [1.807, 2.05) is 0 Å². The average molecular weight is 396 g/mol. The van der Waals surface area contributed by atoms with Crippen molar-refractivity contribution in [1.82, 2.24) is 5.32 Å². The van der Waals surface area contributed by atoms with Crippen LogP contribution < -0.4 is 16.8 Å². The van der Waals surface area contributed by atoms with Crippen LogP contribution in [0.1, 0.15) is 23.2 Å². The average Bonchev–Trinajstić information content (AvgIpc) is 2.62. The Kier molecular flexibility index (Phi) is 7.93. The molecule has 13 heteroatoms. The van der Waals surface area contributed by atoms with E-state index >= 15 is 0 Å². The van der Waals surface area contributed by atoms with E-state index in [2.05, 4.69) is 19.8 Å². The van der Waals surface area contributed by atoms with Gasteiger partial charge in [-0.3, -0.25) is 10.3 Å². The van der Waals surface area contributed by atoms with Gasteiger partial charge in [0, 0.05) is 6.54 Å². The monoisotopic (exact) mass is 396 g/mol. The summed E-state index contributed by atoms with van der Waals surface area (Å²) in [5, 5.41) is 9.57. The molecule has 0 fully saturated rings. The summed E-state index contributed by atoms with van der Waals surface area (Å²) < 4.78 is 58.2. The number of rotatable bonds is 7. The van der Waals surface area contributed by atoms with E-state index in [0.717, 1.165) is 7.11 Å². The molecule has 0 aromatic heterocycles. The van der Waals surface area contributed by atoms with Crippen LogP contribution in [0.15, 0.2) is 0 Å². The largest absolute Gasteiger partial charge is 0.394 e. The number of carbonyl (C=O) groups is 2. The molecule has 0 aliphatic heterocycles. The molecule has 0 aliphatic carbocycles. The summed E-state index contributed by atoms with van der Waals surface area (Å²) in [6.07, 6.45) is 0.307. The van der Waals surface area contributed by atoms with Crippen molar-refractivity contribution in [2.45, 2.75) is 18.9 Å². The normalized spacial score (nSPS) is 11.6. The number of nitrogens with two attached hydrogens (primary N) is 2. The number of nitrogens with one attached hydrogen (secondary N) is 2. The van der Waals surface area contributed by atoms with E-state index in [1.54, 1.807) is 0 Å². The summed E-state index contributed by atoms with van der Waals surface area (Å²) >= 11 is 0. The third-order valence-corrected chi connectivity index (χ3v) is 3.14. The smallest absolute Gasteiger partial charge is 0.358 e. The summed E-state index contributed by atoms with van der Waals surface area (Å²) in [7, 11) is 1.12. The van der Waals surface area contributed by atoms with Crippen molar-refractivity contribution in [3.05, 3.63) is 28.8 Å². The number of amidine groups is 1. The van der Waals surface area contributed by atoms with E-state index in [1.165, 1.54) is 0 Å². The number of hydrogen-bond donors (Lipinski definition) is 4. The number of nitrogen functional groups attached to an aromatic ring is 1. The number of esters is 1. The number of anilines is 1. The van der Waals surface area contributed by atoms with Gasteiger partial charge in [0.2, 0.25) is 0 Å². The van der Waals surface area contributed by atoms with Crippen LogP contribution in [0.3, 0.4) is 0 Å². The molecule has 1 aromatic carbocycles. The molecule has 0 saturated heterocycles. The van der Waals surface area contributed by atoms with Gasteiger partial charge in [0.15, 0.2) is 23.3 Å². The Labute approximate surface area is 150 Å². The Balaban J connectivity index is 2.59. The van der Waals surface area contributed by atoms with Crippen LogP contribution >= 0.6 is 0 Å². The molecule has 0 spiro atoms. The van der Waals surface area contributed by atoms with E-state index < -0.39 is 58.5 Å². The second-order valence-corrected chi connectivity index (χ2v) is 5.01. The van der Waals surface area contributed by atoms with Gasteiger partial charge in [-0.1, -0.05) is 0 Å². The molecule has 0 amide bonds. The highest BCUT2D eigenvalue weighted by atomic mass is 19.2. The SMILES string of the molecule is COOC(=O)C(N)CCCNC(=N)OC(=O)c1c(F)c(F)c(N)c(F)c1F. The van der Waals surface area contributed by atoms with E-state index in [-0.39, 0.29) is 19.4 Å². The molecule has 27 heavy (non-hydrogen) atoms. The number of benzene rings is 1. The first-order chi connectivity index (χ1) is 12.6. The summed E-state index contributed by atoms with van der Waals surface area (Å²) in [5.74, 6) is -10.7. The summed E-state index contributed by atoms with van der Waals surface area (Å²) in [6, 6.07) is -1.96. The van der Waals surface area contributed by atoms with Gasteiger partial charge in [-0.15, -0.1) is 0 Å². The molecule has 0 bridgehead atoms. The van der Waals surface area contributed by atoms with Crippen LogP contribution in [0.2, 0.25) is 0 Å². The van der Waals surface area contributed by atoms with Gasteiger partial charge in [0.1, 0.15) is 17.3 Å². The van der Waals surface area contributed by atoms with E-state index in [9.17, 15) is 27.2 Å². The van der Waals surface area contributed by atoms with Crippen molar-refractivity contribution >= 4 is 23.6 Å². The zero-order chi connectivity index (χ0) is 20.7. The predicted molar refractivity (Wildman–Crippen MR) is 82.1 cm³/mol. The highest BCUT2D eigenvalue weighted by molar-refractivity contribution is 5.97. The van der Waals surface area contributed by atoms with Gasteiger partial charge in [0.25, 0.3) is 6.02 Å². The maximum absolute atomic E-state index is 13.6. The third kappa shape index (κ3) is 5.52. The fraction of sp³-hybridized carbons (Fsp3) is 0.357. The Morgan fingerprint density at radius 3 is 2.22 bits per heavy atom. The Hall–Kier alpha value is -2.93. The number of carbonyl (C=O) groups excluding carboxylic acids is 2. The van der Waals surface area contributed by atoms with Gasteiger partial charge in [0.05, 0.1) is 7.11 Å². The molecule has 0 heterocycles. The first kappa shape index (κ1) is 22.1. The number of halogens is 4. The minimum atomic E-state index is -2.05. The van der Waals surface area contributed by atoms with Crippen molar-refractivity contribution < 1.29 is 41.7 Å². The van der Waals surface area contributed by atoms with Crippen LogP contribution in [0.4, 0.5) is 23.2 Å². The fourth-order valence-electron chi connectivity index (χ4n) is 1.79. The summed E-state index contributed by atoms with van der Waals surface area (Å²) in [4.78, 5) is 31.2. The van der Waals surface area contributed by atoms with Crippen LogP contribution in [0, 0.1) is 28.7 Å². The lowest BCUT2D eigenvalue weighted by Crippen LogP contribution is -2.34. The molecule has 6 N–H and O–H groups in total. The molecule has 1 rings (SSSR count). The molecule has 0 saturated carbocycles. The minimum absolute atomic E-state index is 0.0322. The lowest BCUT2D eigenvalue weighted by molar-refractivity contribution is -0.256. The van der Waals surface area contributed by atoms with Crippen LogP contribution in [-0.2, 0) is 19.3 Å². The fourth-order valence-corrected chi connectivity index (χ4v) is 1.79. The molecular weight excluding hydrogens is 380 g/mol. The molecule has 1 atom stereocenters. The molecular formula is C14H16F4N4O5. The highest BCUT2D eigenvalue weighted by Crippen LogP contribution is 2.26. The summed E-state index contributed by atoms with van der Waals surface area (Å²) in [6.45, 7) is -0.0322. The van der Waals surface area contributed by atoms with Gasteiger partial charge in [-0.2, -0.15) is 4.89 Å². The Morgan fingerprint density at radius 1 is 1.15 bits per heavy atom. The molecule has 0 aliphatic rings. The molecule has 1 aromatic rings. The quantitative estimate of drug-likeness (QED) is 0.0606. The van der Waals surface area contributed by atoms with Crippen LogP contribution in [-0.4, -0.2) is 37.7 Å². The maximum Gasteiger partial charge on any atom is 0.358 e. The van der Waals surface area contributed by atoms with Crippen molar-refractivity contribution in [3.8, 4) is 0 Å². The standard InChI is InChI=1S/C14H16F4N4O5/c1-25-27-12(23)5(19)3-2-4-22-14(21)26-13(24)6-7(15)9(17)11(20)10(18)8(6)16/h5H,2-4,19-20H2,1H3,(H2,21,22). The second kappa shape index (κ2) is 9.68. The first-order valence-electron chi connectivity index (χ1n) is 7.27. The van der Waals surface area contributed by atoms with Gasteiger partial charge in [-0.25, -0.2) is 27.2 Å². The van der Waals surface area contributed by atoms with Crippen molar-refractivity contribution in [2.75, 3.05) is 19.4 Å². The zero-order valence-corrected chi connectivity index (χ0v) is 13.9. The maximum atomic E-state index is 13.6. The van der Waals surface area contributed by atoms with Crippen molar-refractivity contribution in [1.29, 1.82) is 5.41 Å². The van der Waals surface area contributed by atoms with E-state index in [4.69, 9.17) is 16.9 Å². The molecule has 150 valence electrons. The lowest BCUT2D eigenvalue weighted by Gasteiger charge is -2.12. The third-order valence-electron chi connectivity index (χ3n) is 3.14. The first-order valence-corrected chi connectivity index (χ1v) is 7.27. The Morgan fingerprint density at radius 2 is 1.70 bits per heavy atom. The predicted octanol–water partition coefficient (Wildman–Crippen LogP) is 0.718. The zero-order valence-electron chi connectivity index (χ0n) is 13.9. The van der Waals surface area contributed by atoms with Gasteiger partial charge >= 0.3 is 11.9 Å². The molecule has 9 nitrogen and oxygen atoms in total. The molecule has 1 unspecified atom stereocenters. The van der Waals surface area contributed by atoms with Gasteiger partial charge < -0.3 is 21.5 Å². The summed E-state index contributed by atoms with van der Waals surface area (Å²) in [5.41, 5.74) is 7.17. The molecule has 0 radical (unpaired) electrons. The Bertz CT molecular complexity index is 718. The van der Waals surface area contributed by atoms with Gasteiger partial charge in [-0.05, 0) is 12.8 Å².